The fraction of sp³-hybridized carbons (Fsp3) is 0.462. The van der Waals surface area contributed by atoms with Crippen molar-refractivity contribution >= 4 is 17.2 Å². The zero-order valence-electron chi connectivity index (χ0n) is 11.5. The van der Waals surface area contributed by atoms with Crippen molar-refractivity contribution < 1.29 is 4.79 Å². The summed E-state index contributed by atoms with van der Waals surface area (Å²) in [5.74, 6) is 0.643. The van der Waals surface area contributed by atoms with Gasteiger partial charge in [0.1, 0.15) is 11.6 Å². The van der Waals surface area contributed by atoms with Crippen molar-refractivity contribution in [3.63, 3.8) is 0 Å². The Labute approximate surface area is 112 Å². The Balaban J connectivity index is 2.14. The fourth-order valence-electron chi connectivity index (χ4n) is 1.83. The molecule has 2 N–H and O–H groups in total. The highest BCUT2D eigenvalue weighted by molar-refractivity contribution is 5.85. The molecule has 6 heteroatoms. The van der Waals surface area contributed by atoms with E-state index >= 15 is 0 Å². The van der Waals surface area contributed by atoms with Gasteiger partial charge in [0.05, 0.1) is 5.69 Å². The van der Waals surface area contributed by atoms with Crippen molar-refractivity contribution in [1.82, 2.24) is 19.9 Å². The first kappa shape index (κ1) is 13.3. The Morgan fingerprint density at radius 3 is 3.05 bits per heavy atom. The predicted molar refractivity (Wildman–Crippen MR) is 74.1 cm³/mol. The number of amides is 1. The second-order valence-corrected chi connectivity index (χ2v) is 4.55. The Morgan fingerprint density at radius 2 is 2.32 bits per heavy atom. The minimum Gasteiger partial charge on any atom is -0.357 e. The van der Waals surface area contributed by atoms with Gasteiger partial charge in [-0.05, 0) is 26.3 Å². The number of aromatic nitrogens is 3. The Hall–Kier alpha value is -2.11. The summed E-state index contributed by atoms with van der Waals surface area (Å²) in [5.41, 5.74) is 1.79. The van der Waals surface area contributed by atoms with Crippen LogP contribution in [0.4, 0.5) is 5.82 Å². The Bertz CT molecular complexity index is 577. The van der Waals surface area contributed by atoms with Crippen LogP contribution >= 0.6 is 0 Å². The number of carbonyl (C=O) groups excluding carboxylic acids is 1. The van der Waals surface area contributed by atoms with Gasteiger partial charge in [-0.15, -0.1) is 0 Å². The van der Waals surface area contributed by atoms with Crippen molar-refractivity contribution in [2.75, 3.05) is 11.9 Å². The number of fused-ring (bicyclic) bond motifs is 1. The molecule has 1 amide bonds. The standard InChI is InChI=1S/C13H19N5O/c1-4-5-15-13(19)10(3)16-12-11-8-9(2)17-18(11)7-6-14-12/h6-8,10H,4-5H2,1-3H3,(H,14,16)(H,15,19). The van der Waals surface area contributed by atoms with E-state index < -0.39 is 0 Å². The first-order valence-corrected chi connectivity index (χ1v) is 6.47. The van der Waals surface area contributed by atoms with E-state index in [9.17, 15) is 4.79 Å². The van der Waals surface area contributed by atoms with Crippen LogP contribution in [0.3, 0.4) is 0 Å². The highest BCUT2D eigenvalue weighted by atomic mass is 16.2. The molecular weight excluding hydrogens is 242 g/mol. The second kappa shape index (κ2) is 5.69. The largest absolute Gasteiger partial charge is 0.357 e. The molecule has 0 aromatic carbocycles. The maximum absolute atomic E-state index is 11.8. The molecular formula is C13H19N5O. The van der Waals surface area contributed by atoms with Gasteiger partial charge in [-0.2, -0.15) is 5.10 Å². The van der Waals surface area contributed by atoms with E-state index in [1.807, 2.05) is 26.8 Å². The lowest BCUT2D eigenvalue weighted by Crippen LogP contribution is -2.38. The number of rotatable bonds is 5. The first-order chi connectivity index (χ1) is 9.11. The number of anilines is 1. The molecule has 2 aromatic rings. The summed E-state index contributed by atoms with van der Waals surface area (Å²) in [6, 6.07) is 1.60. The van der Waals surface area contributed by atoms with Gasteiger partial charge in [-0.1, -0.05) is 6.92 Å². The molecule has 2 aromatic heterocycles. The summed E-state index contributed by atoms with van der Waals surface area (Å²) in [6.45, 7) is 6.46. The van der Waals surface area contributed by atoms with E-state index in [4.69, 9.17) is 0 Å². The fourth-order valence-corrected chi connectivity index (χ4v) is 1.83. The van der Waals surface area contributed by atoms with Crippen LogP contribution in [0.25, 0.3) is 5.52 Å². The molecule has 1 atom stereocenters. The number of hydrogen-bond donors (Lipinski definition) is 2. The van der Waals surface area contributed by atoms with Gasteiger partial charge in [-0.3, -0.25) is 4.79 Å². The minimum absolute atomic E-state index is 0.0260. The summed E-state index contributed by atoms with van der Waals surface area (Å²) in [4.78, 5) is 16.1. The lowest BCUT2D eigenvalue weighted by Gasteiger charge is -2.14. The van der Waals surface area contributed by atoms with Crippen molar-refractivity contribution in [2.24, 2.45) is 0 Å². The quantitative estimate of drug-likeness (QED) is 0.852. The number of aryl methyl sites for hydroxylation is 1. The van der Waals surface area contributed by atoms with Gasteiger partial charge >= 0.3 is 0 Å². The average molecular weight is 261 g/mol. The molecule has 0 bridgehead atoms. The van der Waals surface area contributed by atoms with Crippen LogP contribution < -0.4 is 10.6 Å². The molecule has 2 rings (SSSR count). The molecule has 0 radical (unpaired) electrons. The molecule has 0 fully saturated rings. The lowest BCUT2D eigenvalue weighted by molar-refractivity contribution is -0.121. The third-order valence-corrected chi connectivity index (χ3v) is 2.81. The zero-order chi connectivity index (χ0) is 13.8. The van der Waals surface area contributed by atoms with Gasteiger partial charge in [0.2, 0.25) is 5.91 Å². The van der Waals surface area contributed by atoms with E-state index in [0.29, 0.717) is 12.4 Å². The summed E-state index contributed by atoms with van der Waals surface area (Å²) in [7, 11) is 0. The van der Waals surface area contributed by atoms with Crippen LogP contribution in [-0.4, -0.2) is 33.1 Å². The zero-order valence-corrected chi connectivity index (χ0v) is 11.5. The maximum atomic E-state index is 11.8. The van der Waals surface area contributed by atoms with Gasteiger partial charge in [0, 0.05) is 18.9 Å². The van der Waals surface area contributed by atoms with E-state index in [1.165, 1.54) is 0 Å². The van der Waals surface area contributed by atoms with Gasteiger partial charge < -0.3 is 10.6 Å². The summed E-state index contributed by atoms with van der Waals surface area (Å²) >= 11 is 0. The van der Waals surface area contributed by atoms with Crippen molar-refractivity contribution in [3.8, 4) is 0 Å². The SMILES string of the molecule is CCCNC(=O)C(C)Nc1nccn2nc(C)cc12. The summed E-state index contributed by atoms with van der Waals surface area (Å²) < 4.78 is 1.75. The molecule has 0 spiro atoms. The van der Waals surface area contributed by atoms with Crippen molar-refractivity contribution in [2.45, 2.75) is 33.2 Å². The topological polar surface area (TPSA) is 71.3 Å². The summed E-state index contributed by atoms with van der Waals surface area (Å²) in [5, 5.41) is 10.3. The highest BCUT2D eigenvalue weighted by Gasteiger charge is 2.14. The van der Waals surface area contributed by atoms with Gasteiger partial charge in [-0.25, -0.2) is 9.50 Å². The minimum atomic E-state index is -0.333. The first-order valence-electron chi connectivity index (χ1n) is 6.47. The molecule has 6 nitrogen and oxygen atoms in total. The van der Waals surface area contributed by atoms with E-state index in [2.05, 4.69) is 20.7 Å². The van der Waals surface area contributed by atoms with Crippen LogP contribution in [-0.2, 0) is 4.79 Å². The molecule has 0 saturated heterocycles. The van der Waals surface area contributed by atoms with E-state index in [1.54, 1.807) is 16.9 Å². The Morgan fingerprint density at radius 1 is 1.53 bits per heavy atom. The monoisotopic (exact) mass is 261 g/mol. The highest BCUT2D eigenvalue weighted by Crippen LogP contribution is 2.15. The van der Waals surface area contributed by atoms with Crippen molar-refractivity contribution in [1.29, 1.82) is 0 Å². The molecule has 2 heterocycles. The van der Waals surface area contributed by atoms with Crippen LogP contribution in [0.5, 0.6) is 0 Å². The summed E-state index contributed by atoms with van der Waals surface area (Å²) in [6.07, 6.45) is 4.38. The number of nitrogens with one attached hydrogen (secondary N) is 2. The molecule has 0 aliphatic heterocycles. The number of hydrogen-bond acceptors (Lipinski definition) is 4. The lowest BCUT2D eigenvalue weighted by atomic mass is 10.3. The number of carbonyl (C=O) groups is 1. The average Bonchev–Trinajstić information content (AvgIpc) is 2.77. The second-order valence-electron chi connectivity index (χ2n) is 4.55. The predicted octanol–water partition coefficient (Wildman–Crippen LogP) is 1.36. The molecule has 19 heavy (non-hydrogen) atoms. The Kier molecular flexibility index (Phi) is 3.99. The van der Waals surface area contributed by atoms with Gasteiger partial charge in [0.25, 0.3) is 0 Å². The van der Waals surface area contributed by atoms with Gasteiger partial charge in [0.15, 0.2) is 5.82 Å². The molecule has 102 valence electrons. The molecule has 0 aliphatic rings. The molecule has 1 unspecified atom stereocenters. The van der Waals surface area contributed by atoms with Crippen molar-refractivity contribution in [3.05, 3.63) is 24.2 Å². The smallest absolute Gasteiger partial charge is 0.242 e. The van der Waals surface area contributed by atoms with Crippen LogP contribution in [0.15, 0.2) is 18.5 Å². The number of nitrogens with zero attached hydrogens (tertiary/aromatic N) is 3. The van der Waals surface area contributed by atoms with Crippen LogP contribution in [0.2, 0.25) is 0 Å². The third-order valence-electron chi connectivity index (χ3n) is 2.81. The molecule has 0 aliphatic carbocycles. The van der Waals surface area contributed by atoms with E-state index in [-0.39, 0.29) is 11.9 Å². The van der Waals surface area contributed by atoms with Crippen LogP contribution in [0.1, 0.15) is 26.0 Å². The maximum Gasteiger partial charge on any atom is 0.242 e. The van der Waals surface area contributed by atoms with E-state index in [0.717, 1.165) is 17.6 Å². The van der Waals surface area contributed by atoms with Crippen LogP contribution in [0, 0.1) is 6.92 Å². The molecule has 0 saturated carbocycles. The normalized spacial score (nSPS) is 12.4. The third kappa shape index (κ3) is 3.01.